The summed E-state index contributed by atoms with van der Waals surface area (Å²) in [6.45, 7) is 2.81. The predicted molar refractivity (Wildman–Crippen MR) is 67.2 cm³/mol. The number of hydrogen-bond donors (Lipinski definition) is 1. The van der Waals surface area contributed by atoms with Crippen LogP contribution in [-0.4, -0.2) is 49.6 Å². The second-order valence-corrected chi connectivity index (χ2v) is 4.08. The van der Waals surface area contributed by atoms with Gasteiger partial charge in [-0.05, 0) is 33.2 Å². The lowest BCUT2D eigenvalue weighted by Crippen LogP contribution is -2.32. The number of carbonyl (C=O) groups is 1. The number of anilines is 1. The number of pyridine rings is 1. The Balaban J connectivity index is 2.74. The van der Waals surface area contributed by atoms with E-state index in [4.69, 9.17) is 4.74 Å². The van der Waals surface area contributed by atoms with E-state index in [9.17, 15) is 4.79 Å². The summed E-state index contributed by atoms with van der Waals surface area (Å²) in [6, 6.07) is 3.76. The molecular weight excluding hydrogens is 218 g/mol. The minimum absolute atomic E-state index is 0.350. The summed E-state index contributed by atoms with van der Waals surface area (Å²) in [5, 5.41) is 3.16. The molecule has 1 atom stereocenters. The Labute approximate surface area is 102 Å². The van der Waals surface area contributed by atoms with E-state index in [1.807, 2.05) is 14.1 Å². The van der Waals surface area contributed by atoms with Crippen LogP contribution in [0.4, 0.5) is 5.82 Å². The van der Waals surface area contributed by atoms with Crippen LogP contribution < -0.4 is 5.32 Å². The smallest absolute Gasteiger partial charge is 0.341 e. The van der Waals surface area contributed by atoms with Gasteiger partial charge in [0.25, 0.3) is 0 Å². The van der Waals surface area contributed by atoms with Crippen molar-refractivity contribution in [3.05, 3.63) is 23.9 Å². The van der Waals surface area contributed by atoms with Crippen molar-refractivity contribution in [1.82, 2.24) is 9.88 Å². The van der Waals surface area contributed by atoms with Gasteiger partial charge in [-0.2, -0.15) is 0 Å². The molecule has 17 heavy (non-hydrogen) atoms. The minimum Gasteiger partial charge on any atom is -0.465 e. The first-order valence-corrected chi connectivity index (χ1v) is 5.50. The highest BCUT2D eigenvalue weighted by atomic mass is 16.5. The Morgan fingerprint density at radius 1 is 1.59 bits per heavy atom. The number of esters is 1. The summed E-state index contributed by atoms with van der Waals surface area (Å²) in [6.07, 6.45) is 1.65. The molecule has 0 aliphatic carbocycles. The lowest BCUT2D eigenvalue weighted by molar-refractivity contribution is 0.0601. The van der Waals surface area contributed by atoms with Gasteiger partial charge in [-0.3, -0.25) is 0 Å². The van der Waals surface area contributed by atoms with Gasteiger partial charge in [-0.15, -0.1) is 0 Å². The van der Waals surface area contributed by atoms with Crippen LogP contribution in [0.2, 0.25) is 0 Å². The Morgan fingerprint density at radius 2 is 2.29 bits per heavy atom. The molecule has 1 aromatic heterocycles. The van der Waals surface area contributed by atoms with E-state index >= 15 is 0 Å². The summed E-state index contributed by atoms with van der Waals surface area (Å²) >= 11 is 0. The third-order valence-electron chi connectivity index (χ3n) is 2.66. The first-order valence-electron chi connectivity index (χ1n) is 5.50. The molecule has 0 amide bonds. The normalized spacial score (nSPS) is 12.3. The maximum Gasteiger partial charge on any atom is 0.341 e. The Bertz CT molecular complexity index is 380. The Hall–Kier alpha value is -1.62. The van der Waals surface area contributed by atoms with E-state index in [2.05, 4.69) is 22.1 Å². The molecule has 5 heteroatoms. The van der Waals surface area contributed by atoms with E-state index < -0.39 is 0 Å². The number of rotatable bonds is 5. The molecular formula is C12H19N3O2. The zero-order valence-corrected chi connectivity index (χ0v) is 10.7. The van der Waals surface area contributed by atoms with Crippen LogP contribution in [-0.2, 0) is 4.74 Å². The molecule has 0 bridgehead atoms. The van der Waals surface area contributed by atoms with Gasteiger partial charge in [0, 0.05) is 18.8 Å². The van der Waals surface area contributed by atoms with Crippen LogP contribution in [0.15, 0.2) is 18.3 Å². The van der Waals surface area contributed by atoms with E-state index in [-0.39, 0.29) is 5.97 Å². The number of hydrogen-bond acceptors (Lipinski definition) is 5. The molecule has 1 aromatic rings. The lowest BCUT2D eigenvalue weighted by atomic mass is 10.2. The SMILES string of the molecule is COC(=O)c1cccnc1NCC(C)N(C)C. The van der Waals surface area contributed by atoms with Gasteiger partial charge in [0.15, 0.2) is 0 Å². The number of aromatic nitrogens is 1. The van der Waals surface area contributed by atoms with Gasteiger partial charge in [-0.25, -0.2) is 9.78 Å². The number of carbonyl (C=O) groups excluding carboxylic acids is 1. The number of likely N-dealkylation sites (N-methyl/N-ethyl adjacent to an activating group) is 1. The molecule has 1 rings (SSSR count). The minimum atomic E-state index is -0.377. The molecule has 0 radical (unpaired) electrons. The fraction of sp³-hybridized carbons (Fsp3) is 0.500. The molecule has 94 valence electrons. The topological polar surface area (TPSA) is 54.5 Å². The Morgan fingerprint density at radius 3 is 2.88 bits per heavy atom. The fourth-order valence-electron chi connectivity index (χ4n) is 1.25. The summed E-state index contributed by atoms with van der Waals surface area (Å²) in [5.74, 6) is 0.186. The highest BCUT2D eigenvalue weighted by Gasteiger charge is 2.13. The summed E-state index contributed by atoms with van der Waals surface area (Å²) in [4.78, 5) is 17.7. The maximum atomic E-state index is 11.5. The van der Waals surface area contributed by atoms with Crippen molar-refractivity contribution >= 4 is 11.8 Å². The van der Waals surface area contributed by atoms with Crippen molar-refractivity contribution in [3.63, 3.8) is 0 Å². The number of methoxy groups -OCH3 is 1. The number of ether oxygens (including phenoxy) is 1. The van der Waals surface area contributed by atoms with E-state index in [0.29, 0.717) is 24.0 Å². The van der Waals surface area contributed by atoms with Gasteiger partial charge >= 0.3 is 5.97 Å². The average molecular weight is 237 g/mol. The third-order valence-corrected chi connectivity index (χ3v) is 2.66. The second kappa shape index (κ2) is 6.20. The van der Waals surface area contributed by atoms with Crippen molar-refractivity contribution in [3.8, 4) is 0 Å². The van der Waals surface area contributed by atoms with E-state index in [1.165, 1.54) is 7.11 Å². The van der Waals surface area contributed by atoms with Gasteiger partial charge in [0.05, 0.1) is 7.11 Å². The second-order valence-electron chi connectivity index (χ2n) is 4.08. The Kier molecular flexibility index (Phi) is 4.90. The monoisotopic (exact) mass is 237 g/mol. The van der Waals surface area contributed by atoms with Gasteiger partial charge < -0.3 is 15.0 Å². The van der Waals surface area contributed by atoms with Crippen LogP contribution in [0.3, 0.4) is 0 Å². The summed E-state index contributed by atoms with van der Waals surface area (Å²) in [5.41, 5.74) is 0.459. The third kappa shape index (κ3) is 3.71. The van der Waals surface area contributed by atoms with E-state index in [1.54, 1.807) is 18.3 Å². The van der Waals surface area contributed by atoms with Crippen LogP contribution >= 0.6 is 0 Å². The van der Waals surface area contributed by atoms with Gasteiger partial charge in [0.1, 0.15) is 11.4 Å². The van der Waals surface area contributed by atoms with Crippen molar-refractivity contribution < 1.29 is 9.53 Å². The first kappa shape index (κ1) is 13.4. The van der Waals surface area contributed by atoms with Gasteiger partial charge in [0.2, 0.25) is 0 Å². The molecule has 1 N–H and O–H groups in total. The zero-order valence-electron chi connectivity index (χ0n) is 10.7. The first-order chi connectivity index (χ1) is 8.06. The molecule has 0 saturated heterocycles. The lowest BCUT2D eigenvalue weighted by Gasteiger charge is -2.20. The van der Waals surface area contributed by atoms with Crippen LogP contribution in [0, 0.1) is 0 Å². The summed E-state index contributed by atoms with van der Waals surface area (Å²) in [7, 11) is 5.37. The zero-order chi connectivity index (χ0) is 12.8. The molecule has 5 nitrogen and oxygen atoms in total. The predicted octanol–water partition coefficient (Wildman–Crippen LogP) is 1.23. The molecule has 1 unspecified atom stereocenters. The van der Waals surface area contributed by atoms with E-state index in [0.717, 1.165) is 0 Å². The van der Waals surface area contributed by atoms with Crippen molar-refractivity contribution in [2.75, 3.05) is 33.1 Å². The molecule has 0 aliphatic rings. The van der Waals surface area contributed by atoms with Crippen molar-refractivity contribution in [2.45, 2.75) is 13.0 Å². The molecule has 0 spiro atoms. The standard InChI is InChI=1S/C12H19N3O2/c1-9(15(2)3)8-14-11-10(12(16)17-4)6-5-7-13-11/h5-7,9H,8H2,1-4H3,(H,13,14). The van der Waals surface area contributed by atoms with Crippen molar-refractivity contribution in [2.24, 2.45) is 0 Å². The van der Waals surface area contributed by atoms with Crippen LogP contribution in [0.1, 0.15) is 17.3 Å². The summed E-state index contributed by atoms with van der Waals surface area (Å²) < 4.78 is 4.70. The van der Waals surface area contributed by atoms with Crippen LogP contribution in [0.5, 0.6) is 0 Å². The number of nitrogens with zero attached hydrogens (tertiary/aromatic N) is 2. The fourth-order valence-corrected chi connectivity index (χ4v) is 1.25. The molecule has 1 heterocycles. The highest BCUT2D eigenvalue weighted by molar-refractivity contribution is 5.94. The molecule has 0 saturated carbocycles. The van der Waals surface area contributed by atoms with Crippen LogP contribution in [0.25, 0.3) is 0 Å². The quantitative estimate of drug-likeness (QED) is 0.781. The molecule has 0 fully saturated rings. The number of nitrogens with one attached hydrogen (secondary N) is 1. The largest absolute Gasteiger partial charge is 0.465 e. The average Bonchev–Trinajstić information content (AvgIpc) is 2.35. The van der Waals surface area contributed by atoms with Gasteiger partial charge in [-0.1, -0.05) is 0 Å². The van der Waals surface area contributed by atoms with Crippen molar-refractivity contribution in [1.29, 1.82) is 0 Å². The molecule has 0 aliphatic heterocycles. The maximum absolute atomic E-state index is 11.5. The molecule has 0 aromatic carbocycles. The highest BCUT2D eigenvalue weighted by Crippen LogP contribution is 2.12.